The van der Waals surface area contributed by atoms with Crippen molar-refractivity contribution in [1.82, 2.24) is 0 Å². The van der Waals surface area contributed by atoms with Crippen LogP contribution in [0.3, 0.4) is 0 Å². The Balaban J connectivity index is 3.56. The van der Waals surface area contributed by atoms with Gasteiger partial charge in [-0.15, -0.1) is 0 Å². The average Bonchev–Trinajstić information content (AvgIpc) is 2.10. The predicted molar refractivity (Wildman–Crippen MR) is 56.0 cm³/mol. The van der Waals surface area contributed by atoms with Crippen LogP contribution in [0.15, 0.2) is 24.3 Å². The normalized spacial score (nSPS) is 14.6. The highest BCUT2D eigenvalue weighted by Crippen LogP contribution is 2.12. The van der Waals surface area contributed by atoms with Gasteiger partial charge in [-0.25, -0.2) is 0 Å². The Labute approximate surface area is 76.3 Å². The molecule has 0 saturated heterocycles. The number of rotatable bonds is 6. The lowest BCUT2D eigenvalue weighted by Crippen LogP contribution is -2.06. The minimum Gasteiger partial charge on any atom is -0.330 e. The van der Waals surface area contributed by atoms with Gasteiger partial charge in [-0.05, 0) is 32.2 Å². The summed E-state index contributed by atoms with van der Waals surface area (Å²) in [6, 6.07) is 0. The van der Waals surface area contributed by atoms with Gasteiger partial charge in [0.25, 0.3) is 0 Å². The van der Waals surface area contributed by atoms with Crippen molar-refractivity contribution in [3.63, 3.8) is 0 Å². The number of hydrogen-bond donors (Lipinski definition) is 1. The van der Waals surface area contributed by atoms with E-state index in [2.05, 4.69) is 25.2 Å². The molecule has 1 heteroatoms. The largest absolute Gasteiger partial charge is 0.330 e. The fourth-order valence-electron chi connectivity index (χ4n) is 1.19. The highest BCUT2D eigenvalue weighted by molar-refractivity contribution is 5.01. The summed E-state index contributed by atoms with van der Waals surface area (Å²) in [7, 11) is 0. The third kappa shape index (κ3) is 6.17. The monoisotopic (exact) mass is 167 g/mol. The zero-order chi connectivity index (χ0) is 9.23. The smallest absolute Gasteiger partial charge is 0.00745 e. The molecule has 0 spiro atoms. The molecule has 0 aliphatic rings. The van der Waals surface area contributed by atoms with Gasteiger partial charge >= 0.3 is 0 Å². The van der Waals surface area contributed by atoms with Gasteiger partial charge in [0.2, 0.25) is 0 Å². The van der Waals surface area contributed by atoms with Crippen molar-refractivity contribution < 1.29 is 0 Å². The Morgan fingerprint density at radius 1 is 1.33 bits per heavy atom. The molecule has 2 N–H and O–H groups in total. The number of nitrogens with two attached hydrogens (primary N) is 1. The van der Waals surface area contributed by atoms with Crippen LogP contribution in [0.2, 0.25) is 0 Å². The topological polar surface area (TPSA) is 26.0 Å². The molecule has 0 aromatic rings. The fraction of sp³-hybridized carbons (Fsp3) is 0.636. The molecule has 0 heterocycles. The molecule has 0 rings (SSSR count). The number of hydrogen-bond acceptors (Lipinski definition) is 1. The van der Waals surface area contributed by atoms with Crippen LogP contribution in [0, 0.1) is 5.92 Å². The Kier molecular flexibility index (Phi) is 8.14. The van der Waals surface area contributed by atoms with E-state index >= 15 is 0 Å². The first-order chi connectivity index (χ1) is 5.85. The van der Waals surface area contributed by atoms with E-state index in [1.54, 1.807) is 0 Å². The van der Waals surface area contributed by atoms with Crippen LogP contribution in [0.25, 0.3) is 0 Å². The lowest BCUT2D eigenvalue weighted by Gasteiger charge is -2.09. The molecule has 0 amide bonds. The molecule has 0 fully saturated rings. The van der Waals surface area contributed by atoms with E-state index in [-0.39, 0.29) is 0 Å². The molecule has 70 valence electrons. The molecule has 0 aliphatic heterocycles. The average molecular weight is 167 g/mol. The van der Waals surface area contributed by atoms with Crippen molar-refractivity contribution >= 4 is 0 Å². The first-order valence-electron chi connectivity index (χ1n) is 4.83. The fourth-order valence-corrected chi connectivity index (χ4v) is 1.19. The molecule has 0 aliphatic carbocycles. The van der Waals surface area contributed by atoms with Crippen LogP contribution in [0.4, 0.5) is 0 Å². The molecule has 0 saturated carbocycles. The van der Waals surface area contributed by atoms with Gasteiger partial charge in [0.1, 0.15) is 0 Å². The van der Waals surface area contributed by atoms with E-state index in [0.29, 0.717) is 0 Å². The van der Waals surface area contributed by atoms with Crippen LogP contribution in [0.1, 0.15) is 33.1 Å². The molecule has 12 heavy (non-hydrogen) atoms. The highest BCUT2D eigenvalue weighted by Gasteiger charge is 2.00. The Morgan fingerprint density at radius 2 is 2.08 bits per heavy atom. The van der Waals surface area contributed by atoms with Gasteiger partial charge in [-0.2, -0.15) is 0 Å². The minimum atomic E-state index is 0.775. The van der Waals surface area contributed by atoms with Crippen LogP contribution in [0.5, 0.6) is 0 Å². The maximum atomic E-state index is 5.50. The Hall–Kier alpha value is -0.560. The zero-order valence-electron chi connectivity index (χ0n) is 8.29. The lowest BCUT2D eigenvalue weighted by atomic mass is 9.98. The van der Waals surface area contributed by atoms with Gasteiger partial charge in [0, 0.05) is 0 Å². The summed E-state index contributed by atoms with van der Waals surface area (Å²) < 4.78 is 0. The summed E-state index contributed by atoms with van der Waals surface area (Å²) in [4.78, 5) is 0. The van der Waals surface area contributed by atoms with Crippen molar-refractivity contribution in [1.29, 1.82) is 0 Å². The van der Waals surface area contributed by atoms with Crippen molar-refractivity contribution in [2.75, 3.05) is 6.54 Å². The van der Waals surface area contributed by atoms with Gasteiger partial charge in [-0.3, -0.25) is 0 Å². The van der Waals surface area contributed by atoms with Crippen molar-refractivity contribution in [3.8, 4) is 0 Å². The summed E-state index contributed by atoms with van der Waals surface area (Å²) in [5, 5.41) is 0. The molecule has 0 bridgehead atoms. The third-order valence-corrected chi connectivity index (χ3v) is 2.06. The van der Waals surface area contributed by atoms with Gasteiger partial charge in [0.05, 0.1) is 0 Å². The van der Waals surface area contributed by atoms with E-state index in [4.69, 9.17) is 5.73 Å². The van der Waals surface area contributed by atoms with Gasteiger partial charge in [0.15, 0.2) is 0 Å². The summed E-state index contributed by atoms with van der Waals surface area (Å²) in [5.74, 6) is 0.775. The SMILES string of the molecule is C/C=C\C=C/CC(CC)CCN. The van der Waals surface area contributed by atoms with Crippen LogP contribution in [-0.2, 0) is 0 Å². The van der Waals surface area contributed by atoms with Gasteiger partial charge < -0.3 is 5.73 Å². The van der Waals surface area contributed by atoms with Crippen LogP contribution in [-0.4, -0.2) is 6.54 Å². The summed E-state index contributed by atoms with van der Waals surface area (Å²) in [6.45, 7) is 5.07. The Bertz CT molecular complexity index is 136. The van der Waals surface area contributed by atoms with E-state index in [0.717, 1.165) is 25.3 Å². The van der Waals surface area contributed by atoms with Gasteiger partial charge in [-0.1, -0.05) is 37.6 Å². The first-order valence-corrected chi connectivity index (χ1v) is 4.83. The maximum absolute atomic E-state index is 5.50. The lowest BCUT2D eigenvalue weighted by molar-refractivity contribution is 0.483. The van der Waals surface area contributed by atoms with E-state index in [1.807, 2.05) is 13.0 Å². The molecule has 0 aromatic heterocycles. The molecule has 0 radical (unpaired) electrons. The second-order valence-corrected chi connectivity index (χ2v) is 3.04. The molecular formula is C11H21N. The summed E-state index contributed by atoms with van der Waals surface area (Å²) in [5.41, 5.74) is 5.50. The summed E-state index contributed by atoms with van der Waals surface area (Å²) in [6.07, 6.45) is 12.0. The van der Waals surface area contributed by atoms with E-state index < -0.39 is 0 Å². The van der Waals surface area contributed by atoms with Crippen molar-refractivity contribution in [2.45, 2.75) is 33.1 Å². The maximum Gasteiger partial charge on any atom is -0.00745 e. The number of allylic oxidation sites excluding steroid dienone is 4. The quantitative estimate of drug-likeness (QED) is 0.605. The summed E-state index contributed by atoms with van der Waals surface area (Å²) >= 11 is 0. The first kappa shape index (κ1) is 11.4. The second-order valence-electron chi connectivity index (χ2n) is 3.04. The second kappa shape index (κ2) is 8.54. The third-order valence-electron chi connectivity index (χ3n) is 2.06. The predicted octanol–water partition coefficient (Wildman–Crippen LogP) is 2.88. The molecule has 0 aromatic carbocycles. The molecule has 1 unspecified atom stereocenters. The Morgan fingerprint density at radius 3 is 2.58 bits per heavy atom. The molecular weight excluding hydrogens is 146 g/mol. The molecule has 1 atom stereocenters. The van der Waals surface area contributed by atoms with E-state index in [1.165, 1.54) is 6.42 Å². The van der Waals surface area contributed by atoms with Crippen LogP contribution < -0.4 is 5.73 Å². The highest BCUT2D eigenvalue weighted by atomic mass is 14.5. The van der Waals surface area contributed by atoms with E-state index in [9.17, 15) is 0 Å². The van der Waals surface area contributed by atoms with Crippen molar-refractivity contribution in [3.05, 3.63) is 24.3 Å². The van der Waals surface area contributed by atoms with Crippen LogP contribution >= 0.6 is 0 Å². The van der Waals surface area contributed by atoms with Crippen molar-refractivity contribution in [2.24, 2.45) is 11.7 Å². The standard InChI is InChI=1S/C11H21N/c1-3-5-6-7-8-11(4-2)9-10-12/h3,5-7,11H,4,8-10,12H2,1-2H3/b5-3-,7-6-. The minimum absolute atomic E-state index is 0.775. The zero-order valence-corrected chi connectivity index (χ0v) is 8.29. The molecule has 1 nitrogen and oxygen atoms in total.